The van der Waals surface area contributed by atoms with E-state index in [-0.39, 0.29) is 5.78 Å². The van der Waals surface area contributed by atoms with Crippen molar-refractivity contribution in [1.29, 1.82) is 5.26 Å². The van der Waals surface area contributed by atoms with E-state index in [1.807, 2.05) is 12.1 Å². The van der Waals surface area contributed by atoms with Crippen molar-refractivity contribution in [1.82, 2.24) is 0 Å². The Hall–Kier alpha value is -2.84. The molecule has 0 spiro atoms. The van der Waals surface area contributed by atoms with Gasteiger partial charge in [-0.3, -0.25) is 4.79 Å². The van der Waals surface area contributed by atoms with Crippen molar-refractivity contribution in [3.8, 4) is 17.9 Å². The van der Waals surface area contributed by atoms with Crippen LogP contribution in [0.15, 0.2) is 54.6 Å². The van der Waals surface area contributed by atoms with Crippen LogP contribution in [-0.4, -0.2) is 5.78 Å². The predicted molar refractivity (Wildman–Crippen MR) is 68.8 cm³/mol. The molecule has 2 heteroatoms. The average molecular weight is 231 g/mol. The fourth-order valence-electron chi connectivity index (χ4n) is 1.48. The van der Waals surface area contributed by atoms with Crippen LogP contribution >= 0.6 is 0 Å². The molecule has 0 N–H and O–H groups in total. The summed E-state index contributed by atoms with van der Waals surface area (Å²) in [7, 11) is 0. The van der Waals surface area contributed by atoms with Gasteiger partial charge in [0.05, 0.1) is 5.56 Å². The van der Waals surface area contributed by atoms with Gasteiger partial charge in [-0.2, -0.15) is 5.26 Å². The van der Waals surface area contributed by atoms with E-state index in [4.69, 9.17) is 5.26 Å². The van der Waals surface area contributed by atoms with Crippen LogP contribution in [0.3, 0.4) is 0 Å². The third kappa shape index (κ3) is 2.64. The number of rotatable bonds is 1. The van der Waals surface area contributed by atoms with E-state index in [9.17, 15) is 4.79 Å². The number of hydrogen-bond donors (Lipinski definition) is 0. The molecule has 0 saturated carbocycles. The summed E-state index contributed by atoms with van der Waals surface area (Å²) < 4.78 is 0. The van der Waals surface area contributed by atoms with Crippen LogP contribution < -0.4 is 0 Å². The van der Waals surface area contributed by atoms with E-state index >= 15 is 0 Å². The normalized spacial score (nSPS) is 8.83. The third-order valence-electron chi connectivity index (χ3n) is 2.39. The van der Waals surface area contributed by atoms with Crippen molar-refractivity contribution in [3.63, 3.8) is 0 Å². The van der Waals surface area contributed by atoms with E-state index in [0.717, 1.165) is 0 Å². The quantitative estimate of drug-likeness (QED) is 0.559. The van der Waals surface area contributed by atoms with Gasteiger partial charge < -0.3 is 0 Å². The highest BCUT2D eigenvalue weighted by atomic mass is 16.1. The zero-order valence-electron chi connectivity index (χ0n) is 9.55. The highest BCUT2D eigenvalue weighted by Crippen LogP contribution is 2.05. The van der Waals surface area contributed by atoms with Gasteiger partial charge in [-0.05, 0) is 18.1 Å². The van der Waals surface area contributed by atoms with Gasteiger partial charge in [-0.25, -0.2) is 0 Å². The fourth-order valence-corrected chi connectivity index (χ4v) is 1.48. The molecule has 2 aromatic carbocycles. The van der Waals surface area contributed by atoms with E-state index in [2.05, 4.69) is 11.8 Å². The minimum absolute atomic E-state index is 0.247. The van der Waals surface area contributed by atoms with Gasteiger partial charge in [0.1, 0.15) is 6.07 Å². The van der Waals surface area contributed by atoms with Gasteiger partial charge in [0.2, 0.25) is 5.78 Å². The summed E-state index contributed by atoms with van der Waals surface area (Å²) in [6.45, 7) is 0. The molecule has 0 aliphatic heterocycles. The number of carbonyl (C=O) groups is 1. The number of carbonyl (C=O) groups excluding carboxylic acids is 1. The lowest BCUT2D eigenvalue weighted by atomic mass is 10.1. The average Bonchev–Trinajstić information content (AvgIpc) is 2.46. The number of benzene rings is 2. The van der Waals surface area contributed by atoms with Crippen LogP contribution in [0.25, 0.3) is 0 Å². The van der Waals surface area contributed by atoms with Gasteiger partial charge in [-0.1, -0.05) is 48.4 Å². The number of ketones is 1. The van der Waals surface area contributed by atoms with Crippen LogP contribution in [0.2, 0.25) is 0 Å². The van der Waals surface area contributed by atoms with Crippen LogP contribution in [0.5, 0.6) is 0 Å². The first-order chi connectivity index (χ1) is 8.81. The van der Waals surface area contributed by atoms with E-state index in [1.165, 1.54) is 0 Å². The third-order valence-corrected chi connectivity index (χ3v) is 2.39. The molecule has 0 amide bonds. The monoisotopic (exact) mass is 231 g/mol. The lowest BCUT2D eigenvalue weighted by Gasteiger charge is -1.93. The van der Waals surface area contributed by atoms with Crippen molar-refractivity contribution in [2.45, 2.75) is 0 Å². The van der Waals surface area contributed by atoms with Crippen LogP contribution in [0.4, 0.5) is 0 Å². The molecule has 2 aromatic rings. The van der Waals surface area contributed by atoms with E-state index < -0.39 is 0 Å². The Morgan fingerprint density at radius 2 is 1.50 bits per heavy atom. The van der Waals surface area contributed by atoms with E-state index in [1.54, 1.807) is 48.5 Å². The topological polar surface area (TPSA) is 40.9 Å². The van der Waals surface area contributed by atoms with Gasteiger partial charge in [0.15, 0.2) is 0 Å². The van der Waals surface area contributed by atoms with Crippen molar-refractivity contribution >= 4 is 5.78 Å². The molecule has 84 valence electrons. The van der Waals surface area contributed by atoms with Gasteiger partial charge in [0.25, 0.3) is 0 Å². The lowest BCUT2D eigenvalue weighted by molar-refractivity contribution is 0.105. The lowest BCUT2D eigenvalue weighted by Crippen LogP contribution is -1.94. The molecule has 18 heavy (non-hydrogen) atoms. The Kier molecular flexibility index (Phi) is 3.54. The molecule has 0 fully saturated rings. The SMILES string of the molecule is N#Cc1ccccc1C#CC(=O)c1ccccc1. The van der Waals surface area contributed by atoms with Gasteiger partial charge in [0, 0.05) is 11.1 Å². The molecular weight excluding hydrogens is 222 g/mol. The Morgan fingerprint density at radius 1 is 0.889 bits per heavy atom. The maximum absolute atomic E-state index is 11.8. The Morgan fingerprint density at radius 3 is 2.17 bits per heavy atom. The molecule has 0 heterocycles. The first-order valence-electron chi connectivity index (χ1n) is 5.42. The van der Waals surface area contributed by atoms with Crippen LogP contribution in [0, 0.1) is 23.2 Å². The second-order valence-corrected chi connectivity index (χ2v) is 3.60. The zero-order chi connectivity index (χ0) is 12.8. The minimum Gasteiger partial charge on any atom is -0.279 e. The van der Waals surface area contributed by atoms with E-state index in [0.29, 0.717) is 16.7 Å². The molecule has 0 aliphatic rings. The van der Waals surface area contributed by atoms with Crippen molar-refractivity contribution in [3.05, 3.63) is 71.3 Å². The van der Waals surface area contributed by atoms with Crippen molar-refractivity contribution in [2.75, 3.05) is 0 Å². The zero-order valence-corrected chi connectivity index (χ0v) is 9.55. The van der Waals surface area contributed by atoms with Crippen LogP contribution in [0.1, 0.15) is 21.5 Å². The predicted octanol–water partition coefficient (Wildman–Crippen LogP) is 2.79. The summed E-state index contributed by atoms with van der Waals surface area (Å²) in [5.41, 5.74) is 1.61. The number of Topliss-reactive ketones (excluding diaryl/α,β-unsaturated/α-hetero) is 1. The molecule has 0 atom stereocenters. The molecule has 0 aliphatic carbocycles. The maximum Gasteiger partial charge on any atom is 0.236 e. The standard InChI is InChI=1S/C16H9NO/c17-12-15-9-5-4-6-13(15)10-11-16(18)14-7-2-1-3-8-14/h1-9H. The first-order valence-corrected chi connectivity index (χ1v) is 5.42. The largest absolute Gasteiger partial charge is 0.279 e. The molecular formula is C16H9NO. The van der Waals surface area contributed by atoms with Crippen molar-refractivity contribution in [2.24, 2.45) is 0 Å². The molecule has 0 saturated heterocycles. The number of nitriles is 1. The first kappa shape index (κ1) is 11.6. The summed E-state index contributed by atoms with van der Waals surface area (Å²) in [6, 6.07) is 17.9. The second kappa shape index (κ2) is 5.48. The van der Waals surface area contributed by atoms with Gasteiger partial charge in [-0.15, -0.1) is 0 Å². The number of nitrogens with zero attached hydrogens (tertiary/aromatic N) is 1. The molecule has 2 rings (SSSR count). The highest BCUT2D eigenvalue weighted by molar-refractivity contribution is 6.09. The molecule has 0 radical (unpaired) electrons. The maximum atomic E-state index is 11.8. The van der Waals surface area contributed by atoms with Crippen molar-refractivity contribution < 1.29 is 4.79 Å². The molecule has 0 bridgehead atoms. The summed E-state index contributed by atoms with van der Waals surface area (Å²) >= 11 is 0. The minimum atomic E-state index is -0.247. The Bertz CT molecular complexity index is 669. The fraction of sp³-hybridized carbons (Fsp3) is 0. The molecule has 0 unspecified atom stereocenters. The summed E-state index contributed by atoms with van der Waals surface area (Å²) in [5, 5.41) is 8.90. The highest BCUT2D eigenvalue weighted by Gasteiger charge is 2.00. The smallest absolute Gasteiger partial charge is 0.236 e. The number of hydrogen-bond acceptors (Lipinski definition) is 2. The Labute approximate surface area is 106 Å². The molecule has 2 nitrogen and oxygen atoms in total. The van der Waals surface area contributed by atoms with Gasteiger partial charge >= 0.3 is 0 Å². The van der Waals surface area contributed by atoms with Crippen LogP contribution in [-0.2, 0) is 0 Å². The Balaban J connectivity index is 2.29. The second-order valence-electron chi connectivity index (χ2n) is 3.60. The summed E-state index contributed by atoms with van der Waals surface area (Å²) in [5.74, 6) is 5.04. The summed E-state index contributed by atoms with van der Waals surface area (Å²) in [4.78, 5) is 11.8. The molecule has 0 aromatic heterocycles. The summed E-state index contributed by atoms with van der Waals surface area (Å²) in [6.07, 6.45) is 0.